The van der Waals surface area contributed by atoms with Gasteiger partial charge in [-0.3, -0.25) is 4.79 Å². The Morgan fingerprint density at radius 2 is 1.94 bits per heavy atom. The van der Waals surface area contributed by atoms with E-state index < -0.39 is 11.9 Å². The molecule has 0 spiro atoms. The highest BCUT2D eigenvalue weighted by Crippen LogP contribution is 2.31. The Hall–Kier alpha value is -1.43. The van der Waals surface area contributed by atoms with Crippen LogP contribution in [0.1, 0.15) is 49.2 Å². The largest absolute Gasteiger partial charge is 0.481 e. The van der Waals surface area contributed by atoms with Gasteiger partial charge in [0.1, 0.15) is 17.6 Å². The van der Waals surface area contributed by atoms with Gasteiger partial charge in [0.2, 0.25) is 0 Å². The number of aromatic nitrogens is 3. The van der Waals surface area contributed by atoms with E-state index in [9.17, 15) is 9.90 Å². The third-order valence-electron chi connectivity index (χ3n) is 4.00. The number of hydrogen-bond donors (Lipinski definition) is 2. The lowest BCUT2D eigenvalue weighted by Gasteiger charge is -2.25. The summed E-state index contributed by atoms with van der Waals surface area (Å²) in [6, 6.07) is 0. The average molecular weight is 250 g/mol. The number of aliphatic carboxylic acids is 1. The minimum Gasteiger partial charge on any atom is -0.481 e. The lowest BCUT2D eigenvalue weighted by molar-refractivity contribution is -0.139. The Balaban J connectivity index is 1.91. The van der Waals surface area contributed by atoms with Gasteiger partial charge in [-0.05, 0) is 38.8 Å². The van der Waals surface area contributed by atoms with Gasteiger partial charge in [0, 0.05) is 12.5 Å². The first-order valence-electron chi connectivity index (χ1n) is 6.64. The van der Waals surface area contributed by atoms with Crippen LogP contribution in [0.2, 0.25) is 0 Å². The predicted octanol–water partition coefficient (Wildman–Crippen LogP) is 0.707. The molecule has 2 aliphatic rings. The Bertz CT molecular complexity index is 451. The molecule has 0 bridgehead atoms. The number of piperidine rings is 1. The van der Waals surface area contributed by atoms with Gasteiger partial charge in [0.15, 0.2) is 0 Å². The molecule has 1 atom stereocenters. The Kier molecular flexibility index (Phi) is 3.03. The first-order chi connectivity index (χ1) is 8.77. The second-order valence-electron chi connectivity index (χ2n) is 5.13. The molecule has 2 N–H and O–H groups in total. The number of carboxylic acids is 1. The van der Waals surface area contributed by atoms with Crippen molar-refractivity contribution in [2.24, 2.45) is 0 Å². The van der Waals surface area contributed by atoms with Crippen molar-refractivity contribution in [1.29, 1.82) is 0 Å². The zero-order chi connectivity index (χ0) is 12.5. The van der Waals surface area contributed by atoms with Gasteiger partial charge in [-0.2, -0.15) is 0 Å². The van der Waals surface area contributed by atoms with Crippen LogP contribution in [-0.4, -0.2) is 38.9 Å². The normalized spacial score (nSPS) is 24.8. The highest BCUT2D eigenvalue weighted by molar-refractivity contribution is 5.75. The van der Waals surface area contributed by atoms with Crippen LogP contribution in [0.3, 0.4) is 0 Å². The third-order valence-corrected chi connectivity index (χ3v) is 4.00. The Morgan fingerprint density at radius 1 is 1.22 bits per heavy atom. The number of rotatable bonds is 2. The van der Waals surface area contributed by atoms with E-state index in [4.69, 9.17) is 0 Å². The standard InChI is InChI=1S/C12H18N4O2/c17-12(18)9-2-1-7-16-10(14-15-11(9)16)8-3-5-13-6-4-8/h8-9,13H,1-7H2,(H,17,18). The molecule has 0 aromatic carbocycles. The van der Waals surface area contributed by atoms with Gasteiger partial charge < -0.3 is 15.0 Å². The molecular formula is C12H18N4O2. The summed E-state index contributed by atoms with van der Waals surface area (Å²) in [5, 5.41) is 21.0. The summed E-state index contributed by atoms with van der Waals surface area (Å²) in [5.41, 5.74) is 0. The van der Waals surface area contributed by atoms with Crippen LogP contribution in [-0.2, 0) is 11.3 Å². The summed E-state index contributed by atoms with van der Waals surface area (Å²) >= 11 is 0. The highest BCUT2D eigenvalue weighted by Gasteiger charge is 2.32. The van der Waals surface area contributed by atoms with Crippen molar-refractivity contribution in [3.8, 4) is 0 Å². The van der Waals surface area contributed by atoms with Crippen LogP contribution in [0, 0.1) is 0 Å². The maximum Gasteiger partial charge on any atom is 0.314 e. The van der Waals surface area contributed by atoms with Crippen LogP contribution >= 0.6 is 0 Å². The van der Waals surface area contributed by atoms with E-state index in [2.05, 4.69) is 20.1 Å². The maximum absolute atomic E-state index is 11.2. The quantitative estimate of drug-likeness (QED) is 0.808. The molecule has 1 unspecified atom stereocenters. The molecule has 1 fully saturated rings. The first-order valence-corrected chi connectivity index (χ1v) is 6.64. The van der Waals surface area contributed by atoms with Gasteiger partial charge >= 0.3 is 5.97 Å². The van der Waals surface area contributed by atoms with E-state index in [0.29, 0.717) is 18.2 Å². The zero-order valence-corrected chi connectivity index (χ0v) is 10.3. The lowest BCUT2D eigenvalue weighted by atomic mass is 9.95. The molecule has 2 aliphatic heterocycles. The van der Waals surface area contributed by atoms with E-state index in [1.54, 1.807) is 0 Å². The number of nitrogens with one attached hydrogen (secondary N) is 1. The van der Waals surface area contributed by atoms with Crippen molar-refractivity contribution in [2.45, 2.75) is 44.1 Å². The summed E-state index contributed by atoms with van der Waals surface area (Å²) in [6.45, 7) is 2.88. The SMILES string of the molecule is O=C(O)C1CCCn2c(C3CCNCC3)nnc21. The summed E-state index contributed by atoms with van der Waals surface area (Å²) in [5.74, 6) is 0.835. The number of fused-ring (bicyclic) bond motifs is 1. The van der Waals surface area contributed by atoms with Gasteiger partial charge in [-0.1, -0.05) is 0 Å². The number of carboxylic acid groups (broad SMARTS) is 1. The van der Waals surface area contributed by atoms with Crippen LogP contribution in [0.4, 0.5) is 0 Å². The molecule has 6 heteroatoms. The summed E-state index contributed by atoms with van der Waals surface area (Å²) in [4.78, 5) is 11.2. The van der Waals surface area contributed by atoms with Crippen molar-refractivity contribution >= 4 is 5.97 Å². The number of nitrogens with zero attached hydrogens (tertiary/aromatic N) is 3. The van der Waals surface area contributed by atoms with Crippen LogP contribution in [0.25, 0.3) is 0 Å². The highest BCUT2D eigenvalue weighted by atomic mass is 16.4. The fraction of sp³-hybridized carbons (Fsp3) is 0.750. The lowest BCUT2D eigenvalue weighted by Crippen LogP contribution is -2.29. The molecule has 0 amide bonds. The molecule has 0 radical (unpaired) electrons. The smallest absolute Gasteiger partial charge is 0.314 e. The zero-order valence-electron chi connectivity index (χ0n) is 10.3. The van der Waals surface area contributed by atoms with Crippen LogP contribution in [0.5, 0.6) is 0 Å². The fourth-order valence-electron chi connectivity index (χ4n) is 3.01. The Morgan fingerprint density at radius 3 is 2.67 bits per heavy atom. The van der Waals surface area contributed by atoms with Crippen molar-refractivity contribution in [1.82, 2.24) is 20.1 Å². The second kappa shape index (κ2) is 4.68. The van der Waals surface area contributed by atoms with Crippen molar-refractivity contribution in [3.63, 3.8) is 0 Å². The molecule has 3 heterocycles. The van der Waals surface area contributed by atoms with E-state index in [-0.39, 0.29) is 0 Å². The topological polar surface area (TPSA) is 80.0 Å². The van der Waals surface area contributed by atoms with Gasteiger partial charge in [-0.15, -0.1) is 10.2 Å². The van der Waals surface area contributed by atoms with E-state index in [0.717, 1.165) is 44.7 Å². The molecule has 3 rings (SSSR count). The molecule has 18 heavy (non-hydrogen) atoms. The molecular weight excluding hydrogens is 232 g/mol. The molecule has 98 valence electrons. The second-order valence-corrected chi connectivity index (χ2v) is 5.13. The van der Waals surface area contributed by atoms with Crippen LogP contribution in [0.15, 0.2) is 0 Å². The van der Waals surface area contributed by atoms with Crippen molar-refractivity contribution in [2.75, 3.05) is 13.1 Å². The third kappa shape index (κ3) is 1.90. The summed E-state index contributed by atoms with van der Waals surface area (Å²) in [6.07, 6.45) is 3.71. The van der Waals surface area contributed by atoms with Crippen LogP contribution < -0.4 is 5.32 Å². The minimum atomic E-state index is -0.778. The first kappa shape index (κ1) is 11.6. The van der Waals surface area contributed by atoms with Crippen molar-refractivity contribution in [3.05, 3.63) is 11.6 Å². The molecule has 1 aromatic heterocycles. The molecule has 6 nitrogen and oxygen atoms in total. The van der Waals surface area contributed by atoms with Gasteiger partial charge in [0.05, 0.1) is 0 Å². The monoisotopic (exact) mass is 250 g/mol. The maximum atomic E-state index is 11.2. The fourth-order valence-corrected chi connectivity index (χ4v) is 3.01. The Labute approximate surface area is 105 Å². The molecule has 1 aromatic rings. The van der Waals surface area contributed by atoms with E-state index >= 15 is 0 Å². The van der Waals surface area contributed by atoms with Crippen molar-refractivity contribution < 1.29 is 9.90 Å². The number of carbonyl (C=O) groups is 1. The van der Waals surface area contributed by atoms with Gasteiger partial charge in [0.25, 0.3) is 0 Å². The minimum absolute atomic E-state index is 0.431. The predicted molar refractivity (Wildman–Crippen MR) is 64.5 cm³/mol. The summed E-state index contributed by atoms with van der Waals surface area (Å²) in [7, 11) is 0. The molecule has 0 saturated carbocycles. The molecule has 0 aliphatic carbocycles. The number of hydrogen-bond acceptors (Lipinski definition) is 4. The average Bonchev–Trinajstić information content (AvgIpc) is 2.83. The van der Waals surface area contributed by atoms with E-state index in [1.165, 1.54) is 0 Å². The summed E-state index contributed by atoms with van der Waals surface area (Å²) < 4.78 is 2.05. The van der Waals surface area contributed by atoms with Gasteiger partial charge in [-0.25, -0.2) is 0 Å². The van der Waals surface area contributed by atoms with E-state index in [1.807, 2.05) is 0 Å². The molecule has 1 saturated heterocycles.